The van der Waals surface area contributed by atoms with Gasteiger partial charge in [-0.1, -0.05) is 20.8 Å². The zero-order valence-electron chi connectivity index (χ0n) is 27.9. The Morgan fingerprint density at radius 3 is 1.49 bits per heavy atom. The van der Waals surface area contributed by atoms with Crippen LogP contribution < -0.4 is 0 Å². The van der Waals surface area contributed by atoms with Crippen molar-refractivity contribution in [2.24, 2.45) is 38.9 Å². The number of hydrogen-bond donors (Lipinski definition) is 1. The van der Waals surface area contributed by atoms with Gasteiger partial charge in [0.05, 0.1) is 94.7 Å². The number of alkyl halides is 6. The molecule has 0 spiro atoms. The molecule has 2 aliphatic heterocycles. The fraction of sp³-hybridized carbons (Fsp3) is 1.00. The van der Waals surface area contributed by atoms with E-state index in [4.69, 9.17) is 28.4 Å². The summed E-state index contributed by atoms with van der Waals surface area (Å²) in [6.45, 7) is 7.82. The van der Waals surface area contributed by atoms with Gasteiger partial charge >= 0.3 is 12.4 Å². The molecule has 0 radical (unpaired) electrons. The van der Waals surface area contributed by atoms with Gasteiger partial charge in [0.15, 0.2) is 0 Å². The van der Waals surface area contributed by atoms with Gasteiger partial charge in [-0.2, -0.15) is 26.3 Å². The first-order valence-corrected chi connectivity index (χ1v) is 17.5. The summed E-state index contributed by atoms with van der Waals surface area (Å²) in [6.07, 6.45) is -10.4. The van der Waals surface area contributed by atoms with E-state index < -0.39 is 59.6 Å². The summed E-state index contributed by atoms with van der Waals surface area (Å²) in [5.74, 6) is -0.648. The average Bonchev–Trinajstić information content (AvgIpc) is 3.75. The molecule has 6 aliphatic rings. The van der Waals surface area contributed by atoms with Gasteiger partial charge in [0.25, 0.3) is 0 Å². The highest BCUT2D eigenvalue weighted by atomic mass is 19.4. The van der Waals surface area contributed by atoms with Crippen molar-refractivity contribution < 1.29 is 59.9 Å². The summed E-state index contributed by atoms with van der Waals surface area (Å²) < 4.78 is 123. The molecular formula is C34H52F6O7. The zero-order chi connectivity index (χ0) is 33.9. The van der Waals surface area contributed by atoms with Gasteiger partial charge in [0.2, 0.25) is 0 Å². The van der Waals surface area contributed by atoms with Crippen LogP contribution in [-0.4, -0.2) is 101 Å². The van der Waals surface area contributed by atoms with E-state index in [1.165, 1.54) is 0 Å². The van der Waals surface area contributed by atoms with Gasteiger partial charge in [-0.05, 0) is 69.6 Å². The van der Waals surface area contributed by atoms with Crippen LogP contribution in [0, 0.1) is 38.9 Å². The van der Waals surface area contributed by atoms with Crippen molar-refractivity contribution in [3.63, 3.8) is 0 Å². The first-order chi connectivity index (χ1) is 22.1. The molecule has 272 valence electrons. The molecule has 0 aromatic heterocycles. The molecule has 4 bridgehead atoms. The molecule has 0 aromatic rings. The minimum atomic E-state index is -4.49. The molecule has 9 unspecified atom stereocenters. The van der Waals surface area contributed by atoms with Gasteiger partial charge in [0.1, 0.15) is 0 Å². The van der Waals surface area contributed by atoms with Crippen LogP contribution in [0.3, 0.4) is 0 Å². The van der Waals surface area contributed by atoms with E-state index in [1.54, 1.807) is 6.92 Å². The van der Waals surface area contributed by atoms with Crippen LogP contribution in [0.4, 0.5) is 26.3 Å². The second kappa shape index (κ2) is 12.8. The van der Waals surface area contributed by atoms with Gasteiger partial charge in [-0.15, -0.1) is 0 Å². The Morgan fingerprint density at radius 2 is 1.09 bits per heavy atom. The number of aliphatic hydroxyl groups excluding tert-OH is 1. The summed E-state index contributed by atoms with van der Waals surface area (Å²) in [4.78, 5) is 0. The van der Waals surface area contributed by atoms with E-state index in [0.29, 0.717) is 39.5 Å². The maximum absolute atomic E-state index is 14.7. The van der Waals surface area contributed by atoms with Gasteiger partial charge in [-0.3, -0.25) is 0 Å². The van der Waals surface area contributed by atoms with Crippen molar-refractivity contribution in [1.82, 2.24) is 0 Å². The second-order valence-electron chi connectivity index (χ2n) is 16.1. The molecule has 13 heteroatoms. The molecule has 7 nitrogen and oxygen atoms in total. The SMILES string of the molecule is CCC1(COC2CC3(C(F)(F)F)CC2CC3OCC(CC)(CO)COC2CC3(C(F)(F)F)CC2CC3OCC2(CC)COC2)COC1. The minimum absolute atomic E-state index is 0.0604. The van der Waals surface area contributed by atoms with E-state index in [0.717, 1.165) is 12.8 Å². The molecular weight excluding hydrogens is 634 g/mol. The molecule has 4 saturated carbocycles. The molecule has 6 fully saturated rings. The van der Waals surface area contributed by atoms with Crippen LogP contribution in [0.15, 0.2) is 0 Å². The third-order valence-electron chi connectivity index (χ3n) is 13.4. The summed E-state index contributed by atoms with van der Waals surface area (Å²) in [6, 6.07) is 0. The second-order valence-corrected chi connectivity index (χ2v) is 16.1. The Morgan fingerprint density at radius 1 is 0.638 bits per heavy atom. The van der Waals surface area contributed by atoms with Crippen LogP contribution in [0.1, 0.15) is 78.6 Å². The fourth-order valence-corrected chi connectivity index (χ4v) is 9.22. The summed E-state index contributed by atoms with van der Waals surface area (Å²) in [7, 11) is 0. The number of aliphatic hydroxyl groups is 1. The monoisotopic (exact) mass is 686 g/mol. The topological polar surface area (TPSA) is 75.6 Å². The number of rotatable bonds is 16. The van der Waals surface area contributed by atoms with E-state index >= 15 is 0 Å². The minimum Gasteiger partial charge on any atom is -0.396 e. The van der Waals surface area contributed by atoms with Crippen LogP contribution in [0.2, 0.25) is 0 Å². The van der Waals surface area contributed by atoms with Crippen molar-refractivity contribution in [2.45, 2.75) is 115 Å². The number of halogens is 6. The quantitative estimate of drug-likeness (QED) is 0.186. The molecule has 0 amide bonds. The standard InChI is InChI=1S/C34H52F6O7/c1-4-28(13-41,18-44-24-11-32(34(38,39)40)9-22(24)8-27(32)47-21-30(6-3)16-43-17-30)19-46-26-7-23-10-31(26,33(35,36)37)12-25(23)45-20-29(5-2)14-42-15-29/h22-27,41H,4-21H2,1-3H3. The molecule has 1 N–H and O–H groups in total. The van der Waals surface area contributed by atoms with E-state index in [-0.39, 0.29) is 81.0 Å². The number of ether oxygens (including phenoxy) is 6. The fourth-order valence-electron chi connectivity index (χ4n) is 9.22. The molecule has 2 heterocycles. The maximum Gasteiger partial charge on any atom is 0.397 e. The lowest BCUT2D eigenvalue weighted by Crippen LogP contribution is -2.51. The Balaban J connectivity index is 1.06. The van der Waals surface area contributed by atoms with E-state index in [1.807, 2.05) is 13.8 Å². The van der Waals surface area contributed by atoms with Gasteiger partial charge < -0.3 is 33.5 Å². The Hall–Kier alpha value is -0.700. The zero-order valence-corrected chi connectivity index (χ0v) is 27.9. The Bertz CT molecular complexity index is 1080. The maximum atomic E-state index is 14.7. The molecule has 4 aliphatic carbocycles. The van der Waals surface area contributed by atoms with Crippen LogP contribution in [0.5, 0.6) is 0 Å². The Kier molecular flexibility index (Phi) is 9.84. The van der Waals surface area contributed by atoms with Crippen LogP contribution in [-0.2, 0) is 28.4 Å². The van der Waals surface area contributed by atoms with Crippen molar-refractivity contribution in [3.8, 4) is 0 Å². The lowest BCUT2D eigenvalue weighted by Gasteiger charge is -2.44. The van der Waals surface area contributed by atoms with E-state index in [9.17, 15) is 31.4 Å². The smallest absolute Gasteiger partial charge is 0.396 e. The highest BCUT2D eigenvalue weighted by molar-refractivity contribution is 5.12. The van der Waals surface area contributed by atoms with Crippen LogP contribution >= 0.6 is 0 Å². The first-order valence-electron chi connectivity index (χ1n) is 17.5. The van der Waals surface area contributed by atoms with Crippen molar-refractivity contribution >= 4 is 0 Å². The highest BCUT2D eigenvalue weighted by Gasteiger charge is 2.71. The number of fused-ring (bicyclic) bond motifs is 4. The van der Waals surface area contributed by atoms with E-state index in [2.05, 4.69) is 0 Å². The third-order valence-corrected chi connectivity index (χ3v) is 13.4. The summed E-state index contributed by atoms with van der Waals surface area (Å²) >= 11 is 0. The first kappa shape index (κ1) is 36.1. The number of hydrogen-bond acceptors (Lipinski definition) is 7. The van der Waals surface area contributed by atoms with Crippen molar-refractivity contribution in [3.05, 3.63) is 0 Å². The normalized spacial score (nSPS) is 40.0. The predicted molar refractivity (Wildman–Crippen MR) is 158 cm³/mol. The largest absolute Gasteiger partial charge is 0.397 e. The van der Waals surface area contributed by atoms with Crippen molar-refractivity contribution in [1.29, 1.82) is 0 Å². The lowest BCUT2D eigenvalue weighted by atomic mass is 9.79. The average molecular weight is 687 g/mol. The third kappa shape index (κ3) is 6.17. The molecule has 47 heavy (non-hydrogen) atoms. The predicted octanol–water partition coefficient (Wildman–Crippen LogP) is 6.49. The molecule has 0 aromatic carbocycles. The Labute approximate surface area is 273 Å². The molecule has 9 atom stereocenters. The van der Waals surface area contributed by atoms with Crippen molar-refractivity contribution in [2.75, 3.05) is 59.5 Å². The highest BCUT2D eigenvalue weighted by Crippen LogP contribution is 2.65. The summed E-state index contributed by atoms with van der Waals surface area (Å²) in [5.41, 5.74) is -5.43. The van der Waals surface area contributed by atoms with Gasteiger partial charge in [-0.25, -0.2) is 0 Å². The van der Waals surface area contributed by atoms with Gasteiger partial charge in [0, 0.05) is 16.2 Å². The molecule has 6 rings (SSSR count). The van der Waals surface area contributed by atoms with Crippen LogP contribution in [0.25, 0.3) is 0 Å². The lowest BCUT2D eigenvalue weighted by molar-refractivity contribution is -0.271. The summed E-state index contributed by atoms with van der Waals surface area (Å²) in [5, 5.41) is 10.5. The molecule has 2 saturated heterocycles.